The third-order valence-electron chi connectivity index (χ3n) is 5.64. The SMILES string of the molecule is CN(C)CC1COc2ccc(Nc3ncc4c(n3)N(C)C(=O)N(c3ccccc3Br)C4)cc2O1. The van der Waals surface area contributed by atoms with E-state index in [0.717, 1.165) is 28.0 Å². The number of para-hydroxylation sites is 1. The van der Waals surface area contributed by atoms with Gasteiger partial charge in [0.2, 0.25) is 5.95 Å². The minimum absolute atomic E-state index is 0.0370. The van der Waals surface area contributed by atoms with Gasteiger partial charge >= 0.3 is 6.03 Å². The molecule has 3 aromatic rings. The van der Waals surface area contributed by atoms with Crippen molar-refractivity contribution in [2.45, 2.75) is 12.6 Å². The van der Waals surface area contributed by atoms with Crippen molar-refractivity contribution < 1.29 is 14.3 Å². The lowest BCUT2D eigenvalue weighted by Crippen LogP contribution is -2.46. The molecule has 1 atom stereocenters. The molecule has 2 aromatic carbocycles. The van der Waals surface area contributed by atoms with Gasteiger partial charge in [0.25, 0.3) is 0 Å². The highest BCUT2D eigenvalue weighted by molar-refractivity contribution is 9.10. The second-order valence-electron chi connectivity index (χ2n) is 8.52. The van der Waals surface area contributed by atoms with Crippen LogP contribution in [0, 0.1) is 0 Å². The van der Waals surface area contributed by atoms with E-state index >= 15 is 0 Å². The average Bonchev–Trinajstić information content (AvgIpc) is 2.81. The van der Waals surface area contributed by atoms with Crippen LogP contribution in [0.5, 0.6) is 11.5 Å². The van der Waals surface area contributed by atoms with E-state index in [1.165, 1.54) is 0 Å². The Hall–Kier alpha value is -3.37. The Bertz CT molecular complexity index is 1240. The van der Waals surface area contributed by atoms with Crippen molar-refractivity contribution in [1.82, 2.24) is 14.9 Å². The number of ether oxygens (including phenoxy) is 2. The molecule has 0 fully saturated rings. The van der Waals surface area contributed by atoms with Gasteiger partial charge in [0.15, 0.2) is 11.5 Å². The summed E-state index contributed by atoms with van der Waals surface area (Å²) in [6.07, 6.45) is 1.72. The summed E-state index contributed by atoms with van der Waals surface area (Å²) < 4.78 is 12.8. The highest BCUT2D eigenvalue weighted by atomic mass is 79.9. The topological polar surface area (TPSA) is 83.1 Å². The Morgan fingerprint density at radius 1 is 1.21 bits per heavy atom. The maximum atomic E-state index is 13.1. The molecule has 2 aliphatic heterocycles. The second-order valence-corrected chi connectivity index (χ2v) is 9.38. The molecule has 1 unspecified atom stereocenters. The maximum Gasteiger partial charge on any atom is 0.330 e. The van der Waals surface area contributed by atoms with E-state index < -0.39 is 0 Å². The summed E-state index contributed by atoms with van der Waals surface area (Å²) in [6, 6.07) is 13.1. The van der Waals surface area contributed by atoms with Crippen molar-refractivity contribution in [3.63, 3.8) is 0 Å². The Morgan fingerprint density at radius 3 is 2.82 bits per heavy atom. The molecule has 0 bridgehead atoms. The van der Waals surface area contributed by atoms with Gasteiger partial charge in [-0.1, -0.05) is 12.1 Å². The molecule has 2 aliphatic rings. The fraction of sp³-hybridized carbons (Fsp3) is 0.292. The quantitative estimate of drug-likeness (QED) is 0.533. The zero-order valence-electron chi connectivity index (χ0n) is 19.2. The Labute approximate surface area is 206 Å². The van der Waals surface area contributed by atoms with Gasteiger partial charge in [-0.15, -0.1) is 0 Å². The van der Waals surface area contributed by atoms with Crippen molar-refractivity contribution in [2.75, 3.05) is 49.4 Å². The van der Waals surface area contributed by atoms with Gasteiger partial charge in [-0.05, 0) is 54.3 Å². The van der Waals surface area contributed by atoms with E-state index in [1.54, 1.807) is 23.0 Å². The molecule has 34 heavy (non-hydrogen) atoms. The number of likely N-dealkylation sites (N-methyl/N-ethyl adjacent to an activating group) is 1. The lowest BCUT2D eigenvalue weighted by Gasteiger charge is -2.34. The molecule has 176 valence electrons. The number of benzene rings is 2. The van der Waals surface area contributed by atoms with Crippen LogP contribution >= 0.6 is 15.9 Å². The zero-order chi connectivity index (χ0) is 23.8. The number of hydrogen-bond acceptors (Lipinski definition) is 7. The van der Waals surface area contributed by atoms with Gasteiger partial charge in [0.1, 0.15) is 18.5 Å². The Morgan fingerprint density at radius 2 is 2.03 bits per heavy atom. The van der Waals surface area contributed by atoms with Gasteiger partial charge in [-0.3, -0.25) is 9.80 Å². The molecule has 10 heteroatoms. The van der Waals surface area contributed by atoms with Gasteiger partial charge in [-0.25, -0.2) is 9.78 Å². The van der Waals surface area contributed by atoms with E-state index in [-0.39, 0.29) is 12.1 Å². The first kappa shape index (κ1) is 22.4. The number of fused-ring (bicyclic) bond motifs is 2. The number of carbonyl (C=O) groups excluding carboxylic acids is 1. The fourth-order valence-corrected chi connectivity index (χ4v) is 4.55. The minimum atomic E-state index is -0.157. The van der Waals surface area contributed by atoms with Gasteiger partial charge < -0.3 is 19.7 Å². The summed E-state index contributed by atoms with van der Waals surface area (Å²) in [7, 11) is 5.73. The Balaban J connectivity index is 1.36. The molecule has 9 nitrogen and oxygen atoms in total. The highest BCUT2D eigenvalue weighted by Gasteiger charge is 2.31. The predicted molar refractivity (Wildman–Crippen MR) is 134 cm³/mol. The van der Waals surface area contributed by atoms with E-state index in [9.17, 15) is 4.79 Å². The number of carbonyl (C=O) groups is 1. The number of urea groups is 1. The number of nitrogens with one attached hydrogen (secondary N) is 1. The molecule has 0 radical (unpaired) electrons. The average molecular weight is 525 g/mol. The summed E-state index contributed by atoms with van der Waals surface area (Å²) in [5, 5.41) is 3.22. The molecular formula is C24H25BrN6O3. The van der Waals surface area contributed by atoms with Crippen LogP contribution in [-0.4, -0.2) is 61.3 Å². The number of nitrogens with zero attached hydrogens (tertiary/aromatic N) is 5. The van der Waals surface area contributed by atoms with Crippen molar-refractivity contribution in [2.24, 2.45) is 0 Å². The van der Waals surface area contributed by atoms with Crippen molar-refractivity contribution in [3.8, 4) is 11.5 Å². The molecule has 0 spiro atoms. The van der Waals surface area contributed by atoms with Gasteiger partial charge in [0.05, 0.1) is 12.2 Å². The number of hydrogen-bond donors (Lipinski definition) is 1. The number of rotatable bonds is 5. The van der Waals surface area contributed by atoms with Crippen LogP contribution in [0.15, 0.2) is 53.1 Å². The highest BCUT2D eigenvalue weighted by Crippen LogP contribution is 2.36. The van der Waals surface area contributed by atoms with Crippen LogP contribution < -0.4 is 24.6 Å². The van der Waals surface area contributed by atoms with Gasteiger partial charge in [-0.2, -0.15) is 4.98 Å². The fourth-order valence-electron chi connectivity index (χ4n) is 4.05. The van der Waals surface area contributed by atoms with Crippen LogP contribution in [-0.2, 0) is 6.54 Å². The predicted octanol–water partition coefficient (Wildman–Crippen LogP) is 4.26. The smallest absolute Gasteiger partial charge is 0.330 e. The van der Waals surface area contributed by atoms with Crippen LogP contribution in [0.2, 0.25) is 0 Å². The monoisotopic (exact) mass is 524 g/mol. The summed E-state index contributed by atoms with van der Waals surface area (Å²) in [5.41, 5.74) is 2.43. The number of halogens is 1. The first-order valence-electron chi connectivity index (χ1n) is 10.9. The summed E-state index contributed by atoms with van der Waals surface area (Å²) in [5.74, 6) is 2.37. The maximum absolute atomic E-state index is 13.1. The van der Waals surface area contributed by atoms with Crippen LogP contribution in [0.25, 0.3) is 0 Å². The molecule has 5 rings (SSSR count). The van der Waals surface area contributed by atoms with Crippen LogP contribution in [0.3, 0.4) is 0 Å². The lowest BCUT2D eigenvalue weighted by atomic mass is 10.2. The summed E-state index contributed by atoms with van der Waals surface area (Å²) in [4.78, 5) is 27.5. The molecule has 3 heterocycles. The second kappa shape index (κ2) is 9.11. The largest absolute Gasteiger partial charge is 0.486 e. The molecular weight excluding hydrogens is 500 g/mol. The molecule has 1 aromatic heterocycles. The first-order valence-corrected chi connectivity index (χ1v) is 11.7. The normalized spacial score (nSPS) is 17.1. The van der Waals surface area contributed by atoms with E-state index in [2.05, 4.69) is 36.1 Å². The van der Waals surface area contributed by atoms with Crippen molar-refractivity contribution in [1.29, 1.82) is 0 Å². The standard InChI is InChI=1S/C24H25BrN6O3/c1-29(2)13-17-14-33-20-9-8-16(10-21(20)34-17)27-23-26-11-15-12-31(19-7-5-4-6-18(19)25)24(32)30(3)22(15)28-23/h4-11,17H,12-14H2,1-3H3,(H,26,27,28). The van der Waals surface area contributed by atoms with E-state index in [0.29, 0.717) is 36.4 Å². The van der Waals surface area contributed by atoms with E-state index in [4.69, 9.17) is 9.47 Å². The third-order valence-corrected chi connectivity index (χ3v) is 6.31. The Kier molecular flexibility index (Phi) is 6.01. The molecule has 1 N–H and O–H groups in total. The molecule has 0 aliphatic carbocycles. The van der Waals surface area contributed by atoms with Crippen LogP contribution in [0.4, 0.5) is 27.9 Å². The molecule has 0 saturated carbocycles. The van der Waals surface area contributed by atoms with Gasteiger partial charge in [0, 0.05) is 41.6 Å². The summed E-state index contributed by atoms with van der Waals surface area (Å²) >= 11 is 3.53. The zero-order valence-corrected chi connectivity index (χ0v) is 20.7. The number of aromatic nitrogens is 2. The minimum Gasteiger partial charge on any atom is -0.486 e. The number of anilines is 4. The first-order chi connectivity index (χ1) is 16.4. The van der Waals surface area contributed by atoms with E-state index in [1.807, 2.05) is 56.6 Å². The summed E-state index contributed by atoms with van der Waals surface area (Å²) in [6.45, 7) is 1.67. The number of amides is 2. The molecule has 0 saturated heterocycles. The van der Waals surface area contributed by atoms with Crippen molar-refractivity contribution in [3.05, 3.63) is 58.7 Å². The molecule has 2 amide bonds. The third kappa shape index (κ3) is 4.38. The van der Waals surface area contributed by atoms with Crippen molar-refractivity contribution >= 4 is 45.1 Å². The lowest BCUT2D eigenvalue weighted by molar-refractivity contribution is 0.0711. The van der Waals surface area contributed by atoms with Crippen LogP contribution in [0.1, 0.15) is 5.56 Å².